The molecule has 2 aromatic rings. The maximum atomic E-state index is 12.1. The highest BCUT2D eigenvalue weighted by Gasteiger charge is 2.12. The number of carboxylic acid groups (broad SMARTS) is 1. The van der Waals surface area contributed by atoms with Gasteiger partial charge in [-0.2, -0.15) is 0 Å². The van der Waals surface area contributed by atoms with Crippen LogP contribution in [0.4, 0.5) is 5.69 Å². The number of aromatic carboxylic acids is 1. The molecule has 0 bridgehead atoms. The highest BCUT2D eigenvalue weighted by molar-refractivity contribution is 7.11. The molecule has 0 aliphatic heterocycles. The van der Waals surface area contributed by atoms with Crippen molar-refractivity contribution in [3.63, 3.8) is 0 Å². The number of hydrogen-bond acceptors (Lipinski definition) is 3. The second kappa shape index (κ2) is 7.42. The predicted octanol–water partition coefficient (Wildman–Crippen LogP) is 4.33. The maximum absolute atomic E-state index is 12.1. The Morgan fingerprint density at radius 3 is 2.48 bits per heavy atom. The van der Waals surface area contributed by atoms with Gasteiger partial charge in [-0.15, -0.1) is 11.3 Å². The third kappa shape index (κ3) is 4.66. The highest BCUT2D eigenvalue weighted by Crippen LogP contribution is 2.22. The van der Waals surface area contributed by atoms with Crippen molar-refractivity contribution < 1.29 is 14.7 Å². The molecule has 23 heavy (non-hydrogen) atoms. The van der Waals surface area contributed by atoms with Gasteiger partial charge in [0.2, 0.25) is 5.91 Å². The minimum atomic E-state index is -0.980. The van der Waals surface area contributed by atoms with E-state index in [4.69, 9.17) is 0 Å². The third-order valence-corrected chi connectivity index (χ3v) is 4.76. The van der Waals surface area contributed by atoms with E-state index in [1.54, 1.807) is 24.3 Å². The first-order chi connectivity index (χ1) is 10.9. The average Bonchev–Trinajstić information content (AvgIpc) is 2.87. The average molecular weight is 331 g/mol. The lowest BCUT2D eigenvalue weighted by Gasteiger charge is -2.11. The molecule has 1 amide bonds. The first-order valence-electron chi connectivity index (χ1n) is 7.56. The molecule has 2 rings (SSSR count). The number of carbonyl (C=O) groups excluding carboxylic acids is 1. The van der Waals surface area contributed by atoms with Gasteiger partial charge in [-0.05, 0) is 62.9 Å². The normalized spacial score (nSPS) is 10.6. The van der Waals surface area contributed by atoms with Crippen LogP contribution in [0.25, 0.3) is 0 Å². The van der Waals surface area contributed by atoms with E-state index < -0.39 is 5.97 Å². The Kier molecular flexibility index (Phi) is 5.55. The molecule has 0 radical (unpaired) electrons. The van der Waals surface area contributed by atoms with Gasteiger partial charge in [0.1, 0.15) is 0 Å². The van der Waals surface area contributed by atoms with Crippen molar-refractivity contribution in [2.24, 2.45) is 0 Å². The van der Waals surface area contributed by atoms with E-state index in [2.05, 4.69) is 24.4 Å². The molecule has 0 saturated heterocycles. The summed E-state index contributed by atoms with van der Waals surface area (Å²) in [5, 5.41) is 12.0. The first-order valence-corrected chi connectivity index (χ1v) is 8.38. The van der Waals surface area contributed by atoms with Crippen LogP contribution in [-0.2, 0) is 11.2 Å². The Hall–Kier alpha value is -2.14. The van der Waals surface area contributed by atoms with Gasteiger partial charge in [-0.3, -0.25) is 4.79 Å². The first kappa shape index (κ1) is 17.2. The molecule has 4 nitrogen and oxygen atoms in total. The highest BCUT2D eigenvalue weighted by atomic mass is 32.1. The summed E-state index contributed by atoms with van der Waals surface area (Å²) >= 11 is 1.76. The Bertz CT molecular complexity index is 734. The number of rotatable bonds is 6. The molecule has 0 fully saturated rings. The summed E-state index contributed by atoms with van der Waals surface area (Å²) in [5.41, 5.74) is 2.36. The fourth-order valence-corrected chi connectivity index (χ4v) is 3.40. The zero-order valence-corrected chi connectivity index (χ0v) is 14.4. The molecular formula is C18H21NO3S. The van der Waals surface area contributed by atoms with Crippen molar-refractivity contribution in [3.8, 4) is 0 Å². The molecule has 2 N–H and O–H groups in total. The quantitative estimate of drug-likeness (QED) is 0.828. The van der Waals surface area contributed by atoms with Crippen molar-refractivity contribution in [2.75, 3.05) is 5.32 Å². The number of carbonyl (C=O) groups is 2. The summed E-state index contributed by atoms with van der Waals surface area (Å²) in [4.78, 5) is 25.8. The maximum Gasteiger partial charge on any atom is 0.336 e. The van der Waals surface area contributed by atoms with E-state index >= 15 is 0 Å². The Balaban J connectivity index is 1.94. The summed E-state index contributed by atoms with van der Waals surface area (Å²) in [6, 6.07) is 7.51. The van der Waals surface area contributed by atoms with Gasteiger partial charge in [0.25, 0.3) is 0 Å². The topological polar surface area (TPSA) is 66.4 Å². The zero-order chi connectivity index (χ0) is 17.0. The summed E-state index contributed by atoms with van der Waals surface area (Å²) in [5.74, 6) is -1.06. The summed E-state index contributed by atoms with van der Waals surface area (Å²) in [6.45, 7) is 5.69. The van der Waals surface area contributed by atoms with Gasteiger partial charge < -0.3 is 10.4 Å². The Morgan fingerprint density at radius 1 is 1.13 bits per heavy atom. The molecule has 0 spiro atoms. The third-order valence-electron chi connectivity index (χ3n) is 3.70. The van der Waals surface area contributed by atoms with Crippen molar-refractivity contribution in [1.29, 1.82) is 0 Å². The minimum Gasteiger partial charge on any atom is -0.478 e. The van der Waals surface area contributed by atoms with E-state index in [0.29, 0.717) is 17.7 Å². The molecule has 5 heteroatoms. The number of hydrogen-bond donors (Lipinski definition) is 2. The molecule has 0 saturated carbocycles. The lowest BCUT2D eigenvalue weighted by Crippen LogP contribution is -2.13. The number of benzene rings is 1. The van der Waals surface area contributed by atoms with Crippen LogP contribution in [0.15, 0.2) is 24.3 Å². The minimum absolute atomic E-state index is 0.0819. The molecular weight excluding hydrogens is 310 g/mol. The van der Waals surface area contributed by atoms with Crippen LogP contribution in [0.5, 0.6) is 0 Å². The van der Waals surface area contributed by atoms with Crippen LogP contribution >= 0.6 is 11.3 Å². The molecule has 0 atom stereocenters. The van der Waals surface area contributed by atoms with E-state index in [1.165, 1.54) is 15.8 Å². The van der Waals surface area contributed by atoms with Crippen LogP contribution in [-0.4, -0.2) is 17.0 Å². The van der Waals surface area contributed by atoms with E-state index in [1.807, 2.05) is 6.92 Å². The van der Waals surface area contributed by atoms with Crippen molar-refractivity contribution in [3.05, 3.63) is 50.7 Å². The number of anilines is 1. The SMILES string of the molecule is Cc1ccc(CCCC(=O)Nc2cc(C(=O)O)c(C)cc2C)s1. The van der Waals surface area contributed by atoms with Crippen LogP contribution in [0, 0.1) is 20.8 Å². The van der Waals surface area contributed by atoms with Gasteiger partial charge in [0.15, 0.2) is 0 Å². The summed E-state index contributed by atoms with van der Waals surface area (Å²) in [6.07, 6.45) is 2.09. The molecule has 122 valence electrons. The second-order valence-corrected chi connectivity index (χ2v) is 7.07. The van der Waals surface area contributed by atoms with E-state index in [-0.39, 0.29) is 11.5 Å². The van der Waals surface area contributed by atoms with Gasteiger partial charge >= 0.3 is 5.97 Å². The molecule has 0 unspecified atom stereocenters. The molecule has 1 aromatic heterocycles. The fraction of sp³-hybridized carbons (Fsp3) is 0.333. The van der Waals surface area contributed by atoms with E-state index in [9.17, 15) is 14.7 Å². The fourth-order valence-electron chi connectivity index (χ4n) is 2.47. The lowest BCUT2D eigenvalue weighted by atomic mass is 10.0. The summed E-state index contributed by atoms with van der Waals surface area (Å²) < 4.78 is 0. The monoisotopic (exact) mass is 331 g/mol. The lowest BCUT2D eigenvalue weighted by molar-refractivity contribution is -0.116. The van der Waals surface area contributed by atoms with Crippen molar-refractivity contribution >= 4 is 28.9 Å². The number of nitrogens with one attached hydrogen (secondary N) is 1. The Morgan fingerprint density at radius 2 is 1.87 bits per heavy atom. The smallest absolute Gasteiger partial charge is 0.336 e. The Labute approximate surface area is 140 Å². The molecule has 0 aliphatic carbocycles. The molecule has 0 aliphatic rings. The number of aryl methyl sites for hydroxylation is 4. The van der Waals surface area contributed by atoms with Crippen LogP contribution in [0.1, 0.15) is 44.1 Å². The molecule has 1 aromatic carbocycles. The molecule has 1 heterocycles. The van der Waals surface area contributed by atoms with Crippen LogP contribution in [0.2, 0.25) is 0 Å². The second-order valence-electron chi connectivity index (χ2n) is 5.70. The van der Waals surface area contributed by atoms with Gasteiger partial charge in [0.05, 0.1) is 5.56 Å². The zero-order valence-electron chi connectivity index (χ0n) is 13.6. The standard InChI is InChI=1S/C18H21NO3S/c1-11-9-12(2)16(10-15(11)18(21)22)19-17(20)6-4-5-14-8-7-13(3)23-14/h7-10H,4-6H2,1-3H3,(H,19,20)(H,21,22). The van der Waals surface area contributed by atoms with Gasteiger partial charge in [-0.25, -0.2) is 4.79 Å². The van der Waals surface area contributed by atoms with E-state index in [0.717, 1.165) is 18.4 Å². The summed E-state index contributed by atoms with van der Waals surface area (Å²) in [7, 11) is 0. The largest absolute Gasteiger partial charge is 0.478 e. The van der Waals surface area contributed by atoms with Crippen LogP contribution in [0.3, 0.4) is 0 Å². The number of thiophene rings is 1. The van der Waals surface area contributed by atoms with Crippen LogP contribution < -0.4 is 5.32 Å². The number of amides is 1. The number of carboxylic acids is 1. The van der Waals surface area contributed by atoms with Crippen molar-refractivity contribution in [1.82, 2.24) is 0 Å². The van der Waals surface area contributed by atoms with Crippen molar-refractivity contribution in [2.45, 2.75) is 40.0 Å². The van der Waals surface area contributed by atoms with Gasteiger partial charge in [-0.1, -0.05) is 6.07 Å². The predicted molar refractivity (Wildman–Crippen MR) is 93.5 cm³/mol. The van der Waals surface area contributed by atoms with Gasteiger partial charge in [0, 0.05) is 21.9 Å².